The van der Waals surface area contributed by atoms with Gasteiger partial charge in [-0.15, -0.1) is 0 Å². The van der Waals surface area contributed by atoms with Gasteiger partial charge in [0.2, 0.25) is 0 Å². The Morgan fingerprint density at radius 2 is 2.20 bits per heavy atom. The zero-order valence-electron chi connectivity index (χ0n) is 12.2. The molecule has 1 N–H and O–H groups in total. The fourth-order valence-electron chi connectivity index (χ4n) is 3.17. The zero-order valence-corrected chi connectivity index (χ0v) is 13.1. The van der Waals surface area contributed by atoms with E-state index in [0.717, 1.165) is 37.9 Å². The summed E-state index contributed by atoms with van der Waals surface area (Å²) in [7, 11) is -2.94. The summed E-state index contributed by atoms with van der Waals surface area (Å²) >= 11 is 0. The summed E-state index contributed by atoms with van der Waals surface area (Å²) in [5.41, 5.74) is 1.02. The molecule has 20 heavy (non-hydrogen) atoms. The van der Waals surface area contributed by atoms with Crippen LogP contribution in [0.4, 0.5) is 0 Å². The van der Waals surface area contributed by atoms with Crippen LogP contribution in [0.15, 0.2) is 24.4 Å². The summed E-state index contributed by atoms with van der Waals surface area (Å²) in [6.45, 7) is 2.94. The maximum atomic E-state index is 11.8. The monoisotopic (exact) mass is 296 g/mol. The van der Waals surface area contributed by atoms with E-state index < -0.39 is 9.84 Å². The van der Waals surface area contributed by atoms with E-state index in [1.54, 1.807) is 6.20 Å². The number of nitrogens with zero attached hydrogens (tertiary/aromatic N) is 1. The zero-order chi connectivity index (χ0) is 14.6. The summed E-state index contributed by atoms with van der Waals surface area (Å²) in [4.78, 5) is 4.45. The molecule has 0 aromatic carbocycles. The number of rotatable bonds is 5. The van der Waals surface area contributed by atoms with Crippen molar-refractivity contribution in [3.8, 4) is 0 Å². The minimum absolute atomic E-state index is 0.158. The van der Waals surface area contributed by atoms with Crippen LogP contribution < -0.4 is 5.32 Å². The Hall–Kier alpha value is -0.940. The molecular formula is C15H24N2O2S. The molecule has 1 saturated carbocycles. The molecule has 1 aliphatic rings. The molecule has 3 atom stereocenters. The van der Waals surface area contributed by atoms with Gasteiger partial charge in [0.25, 0.3) is 0 Å². The predicted molar refractivity (Wildman–Crippen MR) is 81.2 cm³/mol. The molecule has 4 nitrogen and oxygen atoms in total. The lowest BCUT2D eigenvalue weighted by molar-refractivity contribution is 0.271. The molecule has 1 aliphatic carbocycles. The Kier molecular flexibility index (Phi) is 5.16. The average Bonchev–Trinajstić information content (AvgIpc) is 2.45. The van der Waals surface area contributed by atoms with Crippen molar-refractivity contribution in [1.29, 1.82) is 0 Å². The summed E-state index contributed by atoms with van der Waals surface area (Å²) in [5, 5.41) is 3.29. The Morgan fingerprint density at radius 3 is 2.80 bits per heavy atom. The number of hydrogen-bond acceptors (Lipinski definition) is 4. The third kappa shape index (κ3) is 3.79. The molecule has 0 spiro atoms. The highest BCUT2D eigenvalue weighted by molar-refractivity contribution is 7.91. The van der Waals surface area contributed by atoms with Gasteiger partial charge in [-0.3, -0.25) is 4.98 Å². The lowest BCUT2D eigenvalue weighted by Gasteiger charge is -2.34. The van der Waals surface area contributed by atoms with Crippen molar-refractivity contribution in [3.63, 3.8) is 0 Å². The predicted octanol–water partition coefficient (Wildman–Crippen LogP) is 2.34. The van der Waals surface area contributed by atoms with Crippen molar-refractivity contribution in [2.45, 2.75) is 43.9 Å². The van der Waals surface area contributed by atoms with Crippen LogP contribution in [0.5, 0.6) is 0 Å². The first-order valence-corrected chi connectivity index (χ1v) is 9.31. The molecule has 5 heteroatoms. The van der Waals surface area contributed by atoms with Crippen LogP contribution in [-0.4, -0.2) is 31.5 Å². The van der Waals surface area contributed by atoms with Crippen molar-refractivity contribution in [1.82, 2.24) is 10.3 Å². The number of nitrogens with one attached hydrogen (secondary N) is 1. The molecule has 0 radical (unpaired) electrons. The molecule has 112 valence electrons. The Morgan fingerprint density at radius 1 is 1.40 bits per heavy atom. The fraction of sp³-hybridized carbons (Fsp3) is 0.667. The van der Waals surface area contributed by atoms with Crippen LogP contribution >= 0.6 is 0 Å². The van der Waals surface area contributed by atoms with E-state index >= 15 is 0 Å². The SMILES string of the molecule is CCNC(c1ccccn1)C1CCCC(S(C)(=O)=O)C1. The number of hydrogen-bond donors (Lipinski definition) is 1. The molecular weight excluding hydrogens is 272 g/mol. The third-order valence-corrected chi connectivity index (χ3v) is 5.81. The first kappa shape index (κ1) is 15.4. The molecule has 1 heterocycles. The molecule has 3 unspecified atom stereocenters. The summed E-state index contributed by atoms with van der Waals surface area (Å²) in [5.74, 6) is 0.346. The van der Waals surface area contributed by atoms with Crippen molar-refractivity contribution < 1.29 is 8.42 Å². The van der Waals surface area contributed by atoms with Crippen molar-refractivity contribution in [2.24, 2.45) is 5.92 Å². The Labute approximate surface area is 121 Å². The third-order valence-electron chi connectivity index (χ3n) is 4.17. The second kappa shape index (κ2) is 6.68. The van der Waals surface area contributed by atoms with Gasteiger partial charge in [-0.2, -0.15) is 0 Å². The van der Waals surface area contributed by atoms with Gasteiger partial charge in [0.1, 0.15) is 9.84 Å². The first-order valence-electron chi connectivity index (χ1n) is 7.35. The molecule has 0 aliphatic heterocycles. The van der Waals surface area contributed by atoms with Gasteiger partial charge in [0.05, 0.1) is 17.0 Å². The van der Waals surface area contributed by atoms with E-state index in [4.69, 9.17) is 0 Å². The number of pyridine rings is 1. The average molecular weight is 296 g/mol. The topological polar surface area (TPSA) is 59.1 Å². The normalized spacial score (nSPS) is 25.3. The summed E-state index contributed by atoms with van der Waals surface area (Å²) < 4.78 is 23.6. The Bertz CT molecular complexity index is 516. The van der Waals surface area contributed by atoms with E-state index in [2.05, 4.69) is 17.2 Å². The van der Waals surface area contributed by atoms with Crippen molar-refractivity contribution in [2.75, 3.05) is 12.8 Å². The van der Waals surface area contributed by atoms with E-state index in [-0.39, 0.29) is 11.3 Å². The smallest absolute Gasteiger partial charge is 0.150 e. The van der Waals surface area contributed by atoms with Gasteiger partial charge < -0.3 is 5.32 Å². The second-order valence-corrected chi connectivity index (χ2v) is 7.99. The van der Waals surface area contributed by atoms with Gasteiger partial charge in [-0.1, -0.05) is 19.4 Å². The van der Waals surface area contributed by atoms with E-state index in [1.165, 1.54) is 6.26 Å². The van der Waals surface area contributed by atoms with E-state index in [9.17, 15) is 8.42 Å². The molecule has 0 bridgehead atoms. The van der Waals surface area contributed by atoms with Gasteiger partial charge in [-0.05, 0) is 43.9 Å². The molecule has 0 saturated heterocycles. The van der Waals surface area contributed by atoms with E-state index in [1.807, 2.05) is 18.2 Å². The van der Waals surface area contributed by atoms with Gasteiger partial charge in [0, 0.05) is 12.5 Å². The highest BCUT2D eigenvalue weighted by Crippen LogP contribution is 2.36. The number of sulfone groups is 1. The standard InChI is InChI=1S/C15H24N2O2S/c1-3-16-15(14-9-4-5-10-17-14)12-7-6-8-13(11-12)20(2,18)19/h4-5,9-10,12-13,15-16H,3,6-8,11H2,1-2H3. The molecule has 1 fully saturated rings. The van der Waals surface area contributed by atoms with Crippen LogP contribution in [0.25, 0.3) is 0 Å². The molecule has 1 aromatic heterocycles. The lowest BCUT2D eigenvalue weighted by atomic mass is 9.82. The number of aromatic nitrogens is 1. The maximum Gasteiger partial charge on any atom is 0.150 e. The van der Waals surface area contributed by atoms with Crippen molar-refractivity contribution >= 4 is 9.84 Å². The van der Waals surface area contributed by atoms with Crippen LogP contribution in [-0.2, 0) is 9.84 Å². The van der Waals surface area contributed by atoms with Crippen LogP contribution in [0.3, 0.4) is 0 Å². The Balaban J connectivity index is 2.17. The second-order valence-electron chi connectivity index (χ2n) is 5.67. The van der Waals surface area contributed by atoms with Crippen LogP contribution in [0.1, 0.15) is 44.3 Å². The maximum absolute atomic E-state index is 11.8. The van der Waals surface area contributed by atoms with Crippen LogP contribution in [0.2, 0.25) is 0 Å². The minimum Gasteiger partial charge on any atom is -0.309 e. The fourth-order valence-corrected chi connectivity index (χ4v) is 4.36. The summed E-state index contributed by atoms with van der Waals surface area (Å²) in [6.07, 6.45) is 6.76. The lowest BCUT2D eigenvalue weighted by Crippen LogP contribution is -2.36. The van der Waals surface area contributed by atoms with Crippen molar-refractivity contribution in [3.05, 3.63) is 30.1 Å². The van der Waals surface area contributed by atoms with E-state index in [0.29, 0.717) is 5.92 Å². The first-order chi connectivity index (χ1) is 9.52. The largest absolute Gasteiger partial charge is 0.309 e. The van der Waals surface area contributed by atoms with Gasteiger partial charge in [0.15, 0.2) is 0 Å². The molecule has 2 rings (SSSR count). The van der Waals surface area contributed by atoms with Crippen LogP contribution in [0, 0.1) is 5.92 Å². The van der Waals surface area contributed by atoms with Gasteiger partial charge >= 0.3 is 0 Å². The quantitative estimate of drug-likeness (QED) is 0.906. The minimum atomic E-state index is -2.94. The molecule has 0 amide bonds. The highest BCUT2D eigenvalue weighted by atomic mass is 32.2. The highest BCUT2D eigenvalue weighted by Gasteiger charge is 2.33. The molecule has 1 aromatic rings. The summed E-state index contributed by atoms with van der Waals surface area (Å²) in [6, 6.07) is 6.08. The van der Waals surface area contributed by atoms with Gasteiger partial charge in [-0.25, -0.2) is 8.42 Å².